The Morgan fingerprint density at radius 3 is 2.38 bits per heavy atom. The van der Waals surface area contributed by atoms with Crippen LogP contribution in [0.5, 0.6) is 0 Å². The average molecular weight is 554 g/mol. The topological polar surface area (TPSA) is 95.5 Å². The lowest BCUT2D eigenvalue weighted by Crippen LogP contribution is -2.36. The minimum Gasteiger partial charge on any atom is -0.306 e. The van der Waals surface area contributed by atoms with E-state index in [1.165, 1.54) is 5.56 Å². The molecule has 0 saturated carbocycles. The van der Waals surface area contributed by atoms with E-state index < -0.39 is 0 Å². The van der Waals surface area contributed by atoms with Crippen LogP contribution in [0.2, 0.25) is 0 Å². The van der Waals surface area contributed by atoms with Gasteiger partial charge in [-0.2, -0.15) is 5.10 Å². The zero-order valence-electron chi connectivity index (χ0n) is 23.2. The first-order chi connectivity index (χ1) is 20.6. The van der Waals surface area contributed by atoms with Crippen LogP contribution < -0.4 is 5.69 Å². The molecule has 42 heavy (non-hydrogen) atoms. The number of hydrogen-bond acceptors (Lipinski definition) is 5. The molecule has 7 rings (SSSR count). The third kappa shape index (κ3) is 5.08. The van der Waals surface area contributed by atoms with Crippen molar-refractivity contribution >= 4 is 28.0 Å². The summed E-state index contributed by atoms with van der Waals surface area (Å²) in [5, 5.41) is 8.23. The molecule has 3 aromatic carbocycles. The molecule has 6 aromatic rings. The Morgan fingerprint density at radius 2 is 1.64 bits per heavy atom. The van der Waals surface area contributed by atoms with Crippen molar-refractivity contribution in [1.29, 1.82) is 0 Å². The van der Waals surface area contributed by atoms with Crippen LogP contribution in [0.4, 0.5) is 0 Å². The lowest BCUT2D eigenvalue weighted by molar-refractivity contribution is 0.178. The summed E-state index contributed by atoms with van der Waals surface area (Å²) in [6.07, 6.45) is 11.0. The van der Waals surface area contributed by atoms with Gasteiger partial charge in [0.1, 0.15) is 0 Å². The van der Waals surface area contributed by atoms with E-state index >= 15 is 0 Å². The molecule has 0 atom stereocenters. The number of allylic oxidation sites excluding steroid dienone is 2. The average Bonchev–Trinajstić information content (AvgIpc) is 3.65. The van der Waals surface area contributed by atoms with E-state index in [4.69, 9.17) is 9.97 Å². The first-order valence-corrected chi connectivity index (χ1v) is 14.3. The first kappa shape index (κ1) is 25.9. The van der Waals surface area contributed by atoms with Gasteiger partial charge in [-0.1, -0.05) is 73.3 Å². The molecule has 0 bridgehead atoms. The summed E-state index contributed by atoms with van der Waals surface area (Å²) in [6.45, 7) is 6.45. The molecule has 0 aliphatic carbocycles. The van der Waals surface area contributed by atoms with E-state index in [0.717, 1.165) is 82.6 Å². The number of benzene rings is 3. The van der Waals surface area contributed by atoms with Crippen molar-refractivity contribution in [3.05, 3.63) is 120 Å². The molecule has 3 aromatic heterocycles. The van der Waals surface area contributed by atoms with Crippen molar-refractivity contribution in [3.8, 4) is 22.5 Å². The standard InChI is InChI=1S/C34H31N7O/c1-2-3-9-27-22-41(34(42)36-27)28-14-16-40(17-15-28)21-23-10-12-25(13-11-23)33-32(24-7-5-4-6-8-24)37-30-18-26-20-35-39-29(26)19-31(30)38-33/h2-13,18-20,22,28H,1,14-17,21H2,(H,35,39)(H,36,42)/b9-3-. The maximum atomic E-state index is 12.5. The van der Waals surface area contributed by atoms with Crippen LogP contribution in [0, 0.1) is 0 Å². The van der Waals surface area contributed by atoms with Gasteiger partial charge < -0.3 is 4.98 Å². The number of likely N-dealkylation sites (tertiary alicyclic amines) is 1. The van der Waals surface area contributed by atoms with Crippen LogP contribution >= 0.6 is 0 Å². The third-order valence-electron chi connectivity index (χ3n) is 8.03. The van der Waals surface area contributed by atoms with Crippen LogP contribution in [-0.2, 0) is 6.54 Å². The molecular weight excluding hydrogens is 522 g/mol. The molecule has 208 valence electrons. The summed E-state index contributed by atoms with van der Waals surface area (Å²) < 4.78 is 1.85. The second kappa shape index (κ2) is 11.1. The quantitative estimate of drug-likeness (QED) is 0.224. The highest BCUT2D eigenvalue weighted by Gasteiger charge is 2.22. The minimum atomic E-state index is -0.0478. The predicted octanol–water partition coefficient (Wildman–Crippen LogP) is 6.37. The summed E-state index contributed by atoms with van der Waals surface area (Å²) in [5.74, 6) is 0. The van der Waals surface area contributed by atoms with Crippen LogP contribution in [0.3, 0.4) is 0 Å². The fourth-order valence-corrected chi connectivity index (χ4v) is 5.83. The zero-order chi connectivity index (χ0) is 28.5. The van der Waals surface area contributed by atoms with Gasteiger partial charge in [-0.25, -0.2) is 14.8 Å². The van der Waals surface area contributed by atoms with Crippen molar-refractivity contribution < 1.29 is 0 Å². The Hall–Kier alpha value is -5.08. The molecule has 0 spiro atoms. The second-order valence-electron chi connectivity index (χ2n) is 10.8. The Bertz CT molecular complexity index is 1960. The molecule has 4 heterocycles. The maximum absolute atomic E-state index is 12.5. The molecule has 0 radical (unpaired) electrons. The van der Waals surface area contributed by atoms with Gasteiger partial charge in [0.2, 0.25) is 0 Å². The minimum absolute atomic E-state index is 0.0478. The number of rotatable bonds is 7. The van der Waals surface area contributed by atoms with E-state index in [0.29, 0.717) is 0 Å². The van der Waals surface area contributed by atoms with Crippen molar-refractivity contribution in [1.82, 2.24) is 34.6 Å². The van der Waals surface area contributed by atoms with Crippen molar-refractivity contribution in [2.24, 2.45) is 0 Å². The van der Waals surface area contributed by atoms with Crippen molar-refractivity contribution in [2.45, 2.75) is 25.4 Å². The molecular formula is C34H31N7O. The monoisotopic (exact) mass is 553 g/mol. The molecule has 1 saturated heterocycles. The van der Waals surface area contributed by atoms with Gasteiger partial charge in [0, 0.05) is 48.4 Å². The van der Waals surface area contributed by atoms with Crippen LogP contribution in [0.1, 0.15) is 30.1 Å². The van der Waals surface area contributed by atoms with E-state index in [2.05, 4.69) is 63.1 Å². The molecule has 8 nitrogen and oxygen atoms in total. The van der Waals surface area contributed by atoms with Gasteiger partial charge in [-0.05, 0) is 36.6 Å². The highest BCUT2D eigenvalue weighted by Crippen LogP contribution is 2.32. The number of nitrogens with one attached hydrogen (secondary N) is 2. The van der Waals surface area contributed by atoms with Gasteiger partial charge in [-0.3, -0.25) is 14.6 Å². The Labute approximate surface area is 243 Å². The summed E-state index contributed by atoms with van der Waals surface area (Å²) in [7, 11) is 0. The van der Waals surface area contributed by atoms with E-state index in [1.54, 1.807) is 6.08 Å². The molecule has 1 fully saturated rings. The van der Waals surface area contributed by atoms with Crippen molar-refractivity contribution in [3.63, 3.8) is 0 Å². The highest BCUT2D eigenvalue weighted by atomic mass is 16.1. The molecule has 1 aliphatic rings. The highest BCUT2D eigenvalue weighted by molar-refractivity contribution is 5.95. The largest absolute Gasteiger partial charge is 0.326 e. The lowest BCUT2D eigenvalue weighted by Gasteiger charge is -2.32. The number of imidazole rings is 1. The fraction of sp³-hybridized carbons (Fsp3) is 0.176. The van der Waals surface area contributed by atoms with Crippen LogP contribution in [0.15, 0.2) is 103 Å². The number of hydrogen-bond donors (Lipinski definition) is 2. The van der Waals surface area contributed by atoms with Gasteiger partial charge in [-0.15, -0.1) is 0 Å². The Balaban J connectivity index is 1.10. The first-order valence-electron chi connectivity index (χ1n) is 14.3. The summed E-state index contributed by atoms with van der Waals surface area (Å²) in [5.41, 5.74) is 8.43. The van der Waals surface area contributed by atoms with Gasteiger partial charge in [0.15, 0.2) is 0 Å². The summed E-state index contributed by atoms with van der Waals surface area (Å²) >= 11 is 0. The smallest absolute Gasteiger partial charge is 0.306 e. The number of piperidine rings is 1. The summed E-state index contributed by atoms with van der Waals surface area (Å²) in [6, 6.07) is 23.2. The molecule has 0 unspecified atom stereocenters. The molecule has 2 N–H and O–H groups in total. The predicted molar refractivity (Wildman–Crippen MR) is 168 cm³/mol. The number of H-pyrrole nitrogens is 2. The zero-order valence-corrected chi connectivity index (χ0v) is 23.2. The second-order valence-corrected chi connectivity index (χ2v) is 10.8. The van der Waals surface area contributed by atoms with Gasteiger partial charge >= 0.3 is 5.69 Å². The van der Waals surface area contributed by atoms with E-state index in [1.807, 2.05) is 59.4 Å². The number of nitrogens with zero attached hydrogens (tertiary/aromatic N) is 5. The lowest BCUT2D eigenvalue weighted by atomic mass is 10.0. The Kier molecular flexibility index (Phi) is 6.81. The maximum Gasteiger partial charge on any atom is 0.326 e. The number of fused-ring (bicyclic) bond motifs is 2. The van der Waals surface area contributed by atoms with Gasteiger partial charge in [0.05, 0.1) is 39.8 Å². The summed E-state index contributed by atoms with van der Waals surface area (Å²) in [4.78, 5) is 28.0. The number of aromatic nitrogens is 6. The normalized spacial score (nSPS) is 14.8. The Morgan fingerprint density at radius 1 is 0.929 bits per heavy atom. The van der Waals surface area contributed by atoms with Crippen LogP contribution in [0.25, 0.3) is 50.5 Å². The van der Waals surface area contributed by atoms with Crippen LogP contribution in [-0.4, -0.2) is 47.7 Å². The molecule has 8 heteroatoms. The fourth-order valence-electron chi connectivity index (χ4n) is 5.83. The molecule has 0 amide bonds. The van der Waals surface area contributed by atoms with Crippen molar-refractivity contribution in [2.75, 3.05) is 13.1 Å². The number of aromatic amines is 2. The van der Waals surface area contributed by atoms with Gasteiger partial charge in [0.25, 0.3) is 0 Å². The van der Waals surface area contributed by atoms with E-state index in [-0.39, 0.29) is 11.7 Å². The molecule has 1 aliphatic heterocycles. The SMILES string of the molecule is C=C/C=C\c1cn(C2CCN(Cc3ccc(-c4nc5cc6[nH]ncc6cc5nc4-c4ccccc4)cc3)CC2)c(=O)[nH]1. The third-order valence-corrected chi connectivity index (χ3v) is 8.03. The van der Waals surface area contributed by atoms with E-state index in [9.17, 15) is 4.79 Å².